The molecule has 1 aromatic heterocycles. The van der Waals surface area contributed by atoms with Crippen molar-refractivity contribution < 1.29 is 14.3 Å². The van der Waals surface area contributed by atoms with Gasteiger partial charge in [0.1, 0.15) is 17.2 Å². The van der Waals surface area contributed by atoms with Gasteiger partial charge < -0.3 is 15.4 Å². The number of aryl methyl sites for hydroxylation is 1. The van der Waals surface area contributed by atoms with Crippen LogP contribution in [-0.2, 0) is 12.8 Å². The van der Waals surface area contributed by atoms with Crippen LogP contribution < -0.4 is 15.4 Å². The highest BCUT2D eigenvalue weighted by molar-refractivity contribution is 5.94. The standard InChI is InChI=1S/C25H27N3O3/c1-3-5-18-8-10-20(11-9-18)24(29)28-14-12-19-6-4-7-21(16-19)31-22-13-15-27-23(17-22)25(30)26-2/h4,6-11,13,15-17H,3,5,12,14H2,1-2H3,(H,26,30)(H,28,29). The summed E-state index contributed by atoms with van der Waals surface area (Å²) in [5.41, 5.74) is 3.24. The molecule has 6 heteroatoms. The molecule has 6 nitrogen and oxygen atoms in total. The maximum absolute atomic E-state index is 12.3. The number of hydrogen-bond acceptors (Lipinski definition) is 4. The first-order valence-corrected chi connectivity index (χ1v) is 10.4. The van der Waals surface area contributed by atoms with E-state index in [9.17, 15) is 9.59 Å². The highest BCUT2D eigenvalue weighted by atomic mass is 16.5. The number of nitrogens with zero attached hydrogens (tertiary/aromatic N) is 1. The van der Waals surface area contributed by atoms with Crippen molar-refractivity contribution in [3.8, 4) is 11.5 Å². The summed E-state index contributed by atoms with van der Waals surface area (Å²) in [5.74, 6) is 0.846. The Morgan fingerprint density at radius 1 is 0.903 bits per heavy atom. The topological polar surface area (TPSA) is 80.3 Å². The van der Waals surface area contributed by atoms with Gasteiger partial charge in [0.25, 0.3) is 11.8 Å². The van der Waals surface area contributed by atoms with Gasteiger partial charge in [-0.1, -0.05) is 37.6 Å². The number of pyridine rings is 1. The molecule has 0 atom stereocenters. The molecular weight excluding hydrogens is 390 g/mol. The fourth-order valence-electron chi connectivity index (χ4n) is 3.16. The Balaban J connectivity index is 1.55. The zero-order chi connectivity index (χ0) is 22.1. The first kappa shape index (κ1) is 22.0. The van der Waals surface area contributed by atoms with Crippen molar-refractivity contribution in [1.29, 1.82) is 0 Å². The van der Waals surface area contributed by atoms with Crippen LogP contribution in [0.2, 0.25) is 0 Å². The maximum Gasteiger partial charge on any atom is 0.269 e. The molecule has 2 N–H and O–H groups in total. The molecule has 2 amide bonds. The van der Waals surface area contributed by atoms with Gasteiger partial charge in [0, 0.05) is 31.4 Å². The lowest BCUT2D eigenvalue weighted by molar-refractivity contribution is 0.0947. The highest BCUT2D eigenvalue weighted by Crippen LogP contribution is 2.22. The fraction of sp³-hybridized carbons (Fsp3) is 0.240. The first-order valence-electron chi connectivity index (χ1n) is 10.4. The molecule has 1 heterocycles. The smallest absolute Gasteiger partial charge is 0.269 e. The van der Waals surface area contributed by atoms with Crippen LogP contribution in [0.4, 0.5) is 0 Å². The average molecular weight is 418 g/mol. The largest absolute Gasteiger partial charge is 0.457 e. The molecule has 0 saturated carbocycles. The quantitative estimate of drug-likeness (QED) is 0.548. The van der Waals surface area contributed by atoms with Gasteiger partial charge in [0.15, 0.2) is 0 Å². The summed E-state index contributed by atoms with van der Waals surface area (Å²) in [7, 11) is 1.56. The zero-order valence-corrected chi connectivity index (χ0v) is 17.9. The molecule has 0 aliphatic heterocycles. The number of amides is 2. The molecule has 0 aliphatic carbocycles. The SMILES string of the molecule is CCCc1ccc(C(=O)NCCc2cccc(Oc3ccnc(C(=O)NC)c3)c2)cc1. The van der Waals surface area contributed by atoms with Gasteiger partial charge in [0.2, 0.25) is 0 Å². The molecule has 3 rings (SSSR count). The molecule has 31 heavy (non-hydrogen) atoms. The number of benzene rings is 2. The van der Waals surface area contributed by atoms with E-state index in [0.29, 0.717) is 35.7 Å². The minimum Gasteiger partial charge on any atom is -0.457 e. The third kappa shape index (κ3) is 6.40. The number of carbonyl (C=O) groups is 2. The van der Waals surface area contributed by atoms with Gasteiger partial charge in [-0.15, -0.1) is 0 Å². The molecule has 0 saturated heterocycles. The average Bonchev–Trinajstić information content (AvgIpc) is 2.79. The molecule has 2 aromatic carbocycles. The first-order chi connectivity index (χ1) is 15.1. The van der Waals surface area contributed by atoms with Crippen LogP contribution in [0.5, 0.6) is 11.5 Å². The summed E-state index contributed by atoms with van der Waals surface area (Å²) in [4.78, 5) is 28.1. The zero-order valence-electron chi connectivity index (χ0n) is 17.9. The normalized spacial score (nSPS) is 10.4. The van der Waals surface area contributed by atoms with Crippen molar-refractivity contribution in [2.45, 2.75) is 26.2 Å². The van der Waals surface area contributed by atoms with E-state index >= 15 is 0 Å². The number of ether oxygens (including phenoxy) is 1. The summed E-state index contributed by atoms with van der Waals surface area (Å²) in [5, 5.41) is 5.50. The minimum absolute atomic E-state index is 0.0750. The lowest BCUT2D eigenvalue weighted by Gasteiger charge is -2.09. The van der Waals surface area contributed by atoms with E-state index in [2.05, 4.69) is 22.5 Å². The summed E-state index contributed by atoms with van der Waals surface area (Å²) in [6.45, 7) is 2.66. The van der Waals surface area contributed by atoms with Crippen molar-refractivity contribution in [3.05, 3.63) is 89.2 Å². The van der Waals surface area contributed by atoms with Crippen molar-refractivity contribution >= 4 is 11.8 Å². The van der Waals surface area contributed by atoms with E-state index in [0.717, 1.165) is 18.4 Å². The minimum atomic E-state index is -0.269. The van der Waals surface area contributed by atoms with E-state index in [1.54, 1.807) is 19.2 Å². The molecule has 0 fully saturated rings. The Morgan fingerprint density at radius 2 is 1.68 bits per heavy atom. The highest BCUT2D eigenvalue weighted by Gasteiger charge is 2.08. The van der Waals surface area contributed by atoms with Gasteiger partial charge >= 0.3 is 0 Å². The van der Waals surface area contributed by atoms with Crippen LogP contribution in [0.15, 0.2) is 66.9 Å². The Hall–Kier alpha value is -3.67. The summed E-state index contributed by atoms with van der Waals surface area (Å²) >= 11 is 0. The van der Waals surface area contributed by atoms with E-state index in [1.807, 2.05) is 48.5 Å². The third-order valence-corrected chi connectivity index (χ3v) is 4.78. The van der Waals surface area contributed by atoms with E-state index < -0.39 is 0 Å². The molecule has 160 valence electrons. The molecule has 0 aliphatic rings. The fourth-order valence-corrected chi connectivity index (χ4v) is 3.16. The number of rotatable bonds is 9. The van der Waals surface area contributed by atoms with E-state index in [-0.39, 0.29) is 11.8 Å². The van der Waals surface area contributed by atoms with Crippen LogP contribution in [0.1, 0.15) is 45.3 Å². The van der Waals surface area contributed by atoms with Crippen molar-refractivity contribution in [1.82, 2.24) is 15.6 Å². The van der Waals surface area contributed by atoms with Crippen LogP contribution >= 0.6 is 0 Å². The predicted octanol–water partition coefficient (Wildman–Crippen LogP) is 4.16. The lowest BCUT2D eigenvalue weighted by atomic mass is 10.1. The monoisotopic (exact) mass is 417 g/mol. The van der Waals surface area contributed by atoms with Crippen molar-refractivity contribution in [2.24, 2.45) is 0 Å². The number of aromatic nitrogens is 1. The molecular formula is C25H27N3O3. The Kier molecular flexibility index (Phi) is 7.76. The van der Waals surface area contributed by atoms with Gasteiger partial charge in [-0.25, -0.2) is 0 Å². The Labute approximate surface area is 182 Å². The van der Waals surface area contributed by atoms with Crippen LogP contribution in [0.25, 0.3) is 0 Å². The van der Waals surface area contributed by atoms with Crippen molar-refractivity contribution in [2.75, 3.05) is 13.6 Å². The van der Waals surface area contributed by atoms with Crippen LogP contribution in [0, 0.1) is 0 Å². The van der Waals surface area contributed by atoms with E-state index in [1.165, 1.54) is 11.8 Å². The number of carbonyl (C=O) groups excluding carboxylic acids is 2. The van der Waals surface area contributed by atoms with Crippen LogP contribution in [-0.4, -0.2) is 30.4 Å². The van der Waals surface area contributed by atoms with Gasteiger partial charge in [-0.2, -0.15) is 0 Å². The van der Waals surface area contributed by atoms with Gasteiger partial charge in [0.05, 0.1) is 0 Å². The summed E-state index contributed by atoms with van der Waals surface area (Å²) in [6.07, 6.45) is 4.32. The summed E-state index contributed by atoms with van der Waals surface area (Å²) in [6, 6.07) is 18.7. The molecule has 0 bridgehead atoms. The second-order valence-electron chi connectivity index (χ2n) is 7.16. The molecule has 3 aromatic rings. The Bertz CT molecular complexity index is 1030. The molecule has 0 unspecified atom stereocenters. The second-order valence-corrected chi connectivity index (χ2v) is 7.16. The third-order valence-electron chi connectivity index (χ3n) is 4.78. The van der Waals surface area contributed by atoms with E-state index in [4.69, 9.17) is 4.74 Å². The van der Waals surface area contributed by atoms with Gasteiger partial charge in [-0.05, 0) is 54.3 Å². The Morgan fingerprint density at radius 3 is 2.42 bits per heavy atom. The lowest BCUT2D eigenvalue weighted by Crippen LogP contribution is -2.25. The predicted molar refractivity (Wildman–Crippen MR) is 121 cm³/mol. The second kappa shape index (κ2) is 10.9. The molecule has 0 radical (unpaired) electrons. The summed E-state index contributed by atoms with van der Waals surface area (Å²) < 4.78 is 5.87. The van der Waals surface area contributed by atoms with Crippen LogP contribution in [0.3, 0.4) is 0 Å². The van der Waals surface area contributed by atoms with Crippen molar-refractivity contribution in [3.63, 3.8) is 0 Å². The number of nitrogens with one attached hydrogen (secondary N) is 2. The number of hydrogen-bond donors (Lipinski definition) is 2. The maximum atomic E-state index is 12.3. The molecule has 0 spiro atoms. The van der Waals surface area contributed by atoms with Gasteiger partial charge in [-0.3, -0.25) is 14.6 Å².